The Balaban J connectivity index is 1.74. The lowest BCUT2D eigenvalue weighted by Crippen LogP contribution is -2.19. The van der Waals surface area contributed by atoms with Crippen LogP contribution in [-0.4, -0.2) is 11.0 Å². The van der Waals surface area contributed by atoms with Crippen LogP contribution in [0.5, 0.6) is 11.6 Å². The molecule has 0 saturated carbocycles. The van der Waals surface area contributed by atoms with Gasteiger partial charge in [-0.25, -0.2) is 9.78 Å². The number of carbonyl (C=O) groups is 1. The van der Waals surface area contributed by atoms with Crippen molar-refractivity contribution in [1.29, 1.82) is 0 Å². The van der Waals surface area contributed by atoms with Gasteiger partial charge in [-0.15, -0.1) is 0 Å². The Morgan fingerprint density at radius 1 is 1.00 bits per heavy atom. The first-order valence-electron chi connectivity index (χ1n) is 8.68. The molecule has 0 radical (unpaired) electrons. The standard InChI is InChI=1S/C21H19Cl2N3O2/c1-13(2)14-5-3-6-16(11-14)28-20-19(7-4-10-24-20)26-21(27)25-15-8-9-17(22)18(23)12-15/h3-13H,1-2H3,(H2,25,26,27). The predicted molar refractivity (Wildman–Crippen MR) is 114 cm³/mol. The van der Waals surface area contributed by atoms with E-state index in [1.54, 1.807) is 36.5 Å². The first-order valence-corrected chi connectivity index (χ1v) is 9.44. The second-order valence-corrected chi connectivity index (χ2v) is 7.21. The van der Waals surface area contributed by atoms with Crippen LogP contribution in [0.15, 0.2) is 60.8 Å². The van der Waals surface area contributed by atoms with Crippen molar-refractivity contribution in [1.82, 2.24) is 4.98 Å². The number of halogens is 2. The highest BCUT2D eigenvalue weighted by molar-refractivity contribution is 6.42. The number of amides is 2. The van der Waals surface area contributed by atoms with Gasteiger partial charge < -0.3 is 15.4 Å². The molecule has 0 atom stereocenters. The van der Waals surface area contributed by atoms with Crippen molar-refractivity contribution in [2.24, 2.45) is 0 Å². The lowest BCUT2D eigenvalue weighted by molar-refractivity contribution is 0.262. The third-order valence-corrected chi connectivity index (χ3v) is 4.68. The molecule has 3 rings (SSSR count). The predicted octanol–water partition coefficient (Wildman–Crippen LogP) is 6.95. The molecule has 2 N–H and O–H groups in total. The average Bonchev–Trinajstić information content (AvgIpc) is 2.66. The fourth-order valence-electron chi connectivity index (χ4n) is 2.47. The molecule has 144 valence electrons. The van der Waals surface area contributed by atoms with Crippen molar-refractivity contribution in [3.63, 3.8) is 0 Å². The second kappa shape index (κ2) is 8.95. The van der Waals surface area contributed by atoms with Crippen LogP contribution in [0.2, 0.25) is 10.0 Å². The molecule has 1 aromatic heterocycles. The lowest BCUT2D eigenvalue weighted by atomic mass is 10.0. The summed E-state index contributed by atoms with van der Waals surface area (Å²) in [6.45, 7) is 4.22. The van der Waals surface area contributed by atoms with Gasteiger partial charge in [-0.2, -0.15) is 0 Å². The van der Waals surface area contributed by atoms with Crippen LogP contribution in [0.4, 0.5) is 16.2 Å². The SMILES string of the molecule is CC(C)c1cccc(Oc2ncccc2NC(=O)Nc2ccc(Cl)c(Cl)c2)c1. The Labute approximate surface area is 173 Å². The number of carbonyl (C=O) groups excluding carboxylic acids is 1. The van der Waals surface area contributed by atoms with E-state index in [0.29, 0.717) is 39.0 Å². The van der Waals surface area contributed by atoms with E-state index in [2.05, 4.69) is 29.5 Å². The maximum atomic E-state index is 12.3. The topological polar surface area (TPSA) is 63.2 Å². The fraction of sp³-hybridized carbons (Fsp3) is 0.143. The minimum atomic E-state index is -0.452. The summed E-state index contributed by atoms with van der Waals surface area (Å²) >= 11 is 11.9. The third-order valence-electron chi connectivity index (χ3n) is 3.94. The molecule has 2 amide bonds. The van der Waals surface area contributed by atoms with Gasteiger partial charge in [0.2, 0.25) is 5.88 Å². The lowest BCUT2D eigenvalue weighted by Gasteiger charge is -2.13. The molecule has 1 heterocycles. The van der Waals surface area contributed by atoms with Gasteiger partial charge >= 0.3 is 6.03 Å². The van der Waals surface area contributed by atoms with E-state index in [4.69, 9.17) is 27.9 Å². The van der Waals surface area contributed by atoms with E-state index in [9.17, 15) is 4.79 Å². The Hall–Kier alpha value is -2.76. The zero-order valence-corrected chi connectivity index (χ0v) is 16.9. The van der Waals surface area contributed by atoms with E-state index in [0.717, 1.165) is 5.56 Å². The van der Waals surface area contributed by atoms with Crippen LogP contribution in [0, 0.1) is 0 Å². The first-order chi connectivity index (χ1) is 13.4. The first kappa shape index (κ1) is 20.0. The van der Waals surface area contributed by atoms with Gasteiger partial charge in [0, 0.05) is 11.9 Å². The number of pyridine rings is 1. The van der Waals surface area contributed by atoms with E-state index in [1.165, 1.54) is 0 Å². The quantitative estimate of drug-likeness (QED) is 0.473. The third kappa shape index (κ3) is 5.15. The van der Waals surface area contributed by atoms with E-state index >= 15 is 0 Å². The van der Waals surface area contributed by atoms with Gasteiger partial charge in [0.25, 0.3) is 0 Å². The molecule has 0 spiro atoms. The van der Waals surface area contributed by atoms with Crippen molar-refractivity contribution in [3.05, 3.63) is 76.4 Å². The average molecular weight is 416 g/mol. The molecule has 0 unspecified atom stereocenters. The maximum Gasteiger partial charge on any atom is 0.323 e. The summed E-state index contributed by atoms with van der Waals surface area (Å²) in [5, 5.41) is 6.21. The molecule has 0 aliphatic heterocycles. The summed E-state index contributed by atoms with van der Waals surface area (Å²) in [6.07, 6.45) is 1.60. The minimum Gasteiger partial charge on any atom is -0.437 e. The van der Waals surface area contributed by atoms with Gasteiger partial charge in [0.1, 0.15) is 11.4 Å². The number of urea groups is 1. The largest absolute Gasteiger partial charge is 0.437 e. The van der Waals surface area contributed by atoms with Crippen LogP contribution < -0.4 is 15.4 Å². The van der Waals surface area contributed by atoms with Gasteiger partial charge in [-0.3, -0.25) is 0 Å². The molecule has 0 aliphatic carbocycles. The number of hydrogen-bond donors (Lipinski definition) is 2. The van der Waals surface area contributed by atoms with Crippen molar-refractivity contribution < 1.29 is 9.53 Å². The van der Waals surface area contributed by atoms with Gasteiger partial charge in [-0.05, 0) is 53.9 Å². The van der Waals surface area contributed by atoms with Crippen LogP contribution >= 0.6 is 23.2 Å². The molecule has 0 aliphatic rings. The molecule has 3 aromatic rings. The van der Waals surface area contributed by atoms with Gasteiger partial charge in [-0.1, -0.05) is 49.2 Å². The number of anilines is 2. The number of aromatic nitrogens is 1. The zero-order chi connectivity index (χ0) is 20.1. The van der Waals surface area contributed by atoms with Crippen molar-refractivity contribution in [2.45, 2.75) is 19.8 Å². The Morgan fingerprint density at radius 3 is 2.57 bits per heavy atom. The van der Waals surface area contributed by atoms with Crippen molar-refractivity contribution in [3.8, 4) is 11.6 Å². The Kier molecular flexibility index (Phi) is 6.39. The monoisotopic (exact) mass is 415 g/mol. The van der Waals surface area contributed by atoms with Crippen molar-refractivity contribution in [2.75, 3.05) is 10.6 Å². The summed E-state index contributed by atoms with van der Waals surface area (Å²) in [6, 6.07) is 15.6. The van der Waals surface area contributed by atoms with E-state index in [1.807, 2.05) is 24.3 Å². The van der Waals surface area contributed by atoms with Crippen LogP contribution in [0.1, 0.15) is 25.3 Å². The highest BCUT2D eigenvalue weighted by Gasteiger charge is 2.11. The number of benzene rings is 2. The summed E-state index contributed by atoms with van der Waals surface area (Å²) < 4.78 is 5.89. The highest BCUT2D eigenvalue weighted by Crippen LogP contribution is 2.29. The molecule has 2 aromatic carbocycles. The second-order valence-electron chi connectivity index (χ2n) is 6.39. The van der Waals surface area contributed by atoms with E-state index in [-0.39, 0.29) is 0 Å². The highest BCUT2D eigenvalue weighted by atomic mass is 35.5. The van der Waals surface area contributed by atoms with Crippen LogP contribution in [-0.2, 0) is 0 Å². The van der Waals surface area contributed by atoms with Crippen molar-refractivity contribution >= 4 is 40.6 Å². The fourth-order valence-corrected chi connectivity index (χ4v) is 2.77. The minimum absolute atomic E-state index is 0.299. The number of ether oxygens (including phenoxy) is 1. The maximum absolute atomic E-state index is 12.3. The van der Waals surface area contributed by atoms with Crippen LogP contribution in [0.3, 0.4) is 0 Å². The molecule has 0 fully saturated rings. The smallest absolute Gasteiger partial charge is 0.323 e. The molecular weight excluding hydrogens is 397 g/mol. The van der Waals surface area contributed by atoms with Gasteiger partial charge in [0.05, 0.1) is 10.0 Å². The number of nitrogens with zero attached hydrogens (tertiary/aromatic N) is 1. The van der Waals surface area contributed by atoms with E-state index < -0.39 is 6.03 Å². The number of rotatable bonds is 5. The molecule has 5 nitrogen and oxygen atoms in total. The van der Waals surface area contributed by atoms with Gasteiger partial charge in [0.15, 0.2) is 0 Å². The molecule has 28 heavy (non-hydrogen) atoms. The number of nitrogens with one attached hydrogen (secondary N) is 2. The zero-order valence-electron chi connectivity index (χ0n) is 15.4. The number of hydrogen-bond acceptors (Lipinski definition) is 3. The molecular formula is C21H19Cl2N3O2. The summed E-state index contributed by atoms with van der Waals surface area (Å²) in [5.74, 6) is 1.33. The van der Waals surface area contributed by atoms with Crippen LogP contribution in [0.25, 0.3) is 0 Å². The summed E-state index contributed by atoms with van der Waals surface area (Å²) in [7, 11) is 0. The molecule has 0 saturated heterocycles. The normalized spacial score (nSPS) is 10.6. The summed E-state index contributed by atoms with van der Waals surface area (Å²) in [5.41, 5.74) is 2.11. The Bertz CT molecular complexity index is 993. The Morgan fingerprint density at radius 2 is 1.82 bits per heavy atom. The molecule has 0 bridgehead atoms. The summed E-state index contributed by atoms with van der Waals surface area (Å²) in [4.78, 5) is 16.6. The molecule has 7 heteroatoms.